The summed E-state index contributed by atoms with van der Waals surface area (Å²) in [6.07, 6.45) is 8.25. The predicted octanol–water partition coefficient (Wildman–Crippen LogP) is 2.93. The molecule has 0 saturated heterocycles. The third kappa shape index (κ3) is 3.75. The van der Waals surface area contributed by atoms with Gasteiger partial charge in [0, 0.05) is 12.0 Å². The van der Waals surface area contributed by atoms with Crippen LogP contribution in [0.3, 0.4) is 0 Å². The fraction of sp³-hybridized carbons (Fsp3) is 0.550. The number of hydrazine groups is 1. The van der Waals surface area contributed by atoms with Crippen LogP contribution in [0.4, 0.5) is 0 Å². The summed E-state index contributed by atoms with van der Waals surface area (Å²) in [5.74, 6) is 2.15. The Bertz CT molecular complexity index is 684. The second-order valence-electron chi connectivity index (χ2n) is 8.42. The van der Waals surface area contributed by atoms with Gasteiger partial charge in [0.15, 0.2) is 5.11 Å². The smallest absolute Gasteiger partial charge is 0.257 e. The zero-order valence-electron chi connectivity index (χ0n) is 14.8. The van der Waals surface area contributed by atoms with Gasteiger partial charge in [-0.25, -0.2) is 0 Å². The number of hydrogen-bond acceptors (Lipinski definition) is 3. The van der Waals surface area contributed by atoms with Crippen LogP contribution in [0.1, 0.15) is 55.3 Å². The quantitative estimate of drug-likeness (QED) is 0.564. The molecule has 4 aliphatic carbocycles. The van der Waals surface area contributed by atoms with Crippen LogP contribution in [0.5, 0.6) is 0 Å². The first-order valence-electron chi connectivity index (χ1n) is 9.47. The van der Waals surface area contributed by atoms with Crippen molar-refractivity contribution in [3.05, 3.63) is 35.9 Å². The Morgan fingerprint density at radius 2 is 1.54 bits per heavy atom. The maximum absolute atomic E-state index is 12.4. The van der Waals surface area contributed by atoms with E-state index in [1.807, 2.05) is 6.07 Å². The van der Waals surface area contributed by atoms with Gasteiger partial charge in [-0.05, 0) is 86.0 Å². The van der Waals surface area contributed by atoms with Crippen molar-refractivity contribution in [2.45, 2.75) is 44.9 Å². The summed E-state index contributed by atoms with van der Waals surface area (Å²) < 4.78 is 0. The number of nitrogens with one attached hydrogen (secondary N) is 3. The summed E-state index contributed by atoms with van der Waals surface area (Å²) in [5.41, 5.74) is 6.05. The Morgan fingerprint density at radius 3 is 2.12 bits per heavy atom. The molecule has 2 amide bonds. The summed E-state index contributed by atoms with van der Waals surface area (Å²) in [7, 11) is 0. The van der Waals surface area contributed by atoms with E-state index >= 15 is 0 Å². The number of rotatable bonds is 3. The van der Waals surface area contributed by atoms with Crippen molar-refractivity contribution in [2.24, 2.45) is 23.2 Å². The van der Waals surface area contributed by atoms with Gasteiger partial charge in [-0.2, -0.15) is 0 Å². The normalized spacial score (nSPS) is 31.3. The van der Waals surface area contributed by atoms with Crippen LogP contribution in [0.15, 0.2) is 30.3 Å². The van der Waals surface area contributed by atoms with E-state index in [1.165, 1.54) is 38.5 Å². The summed E-state index contributed by atoms with van der Waals surface area (Å²) in [4.78, 5) is 24.5. The van der Waals surface area contributed by atoms with Crippen LogP contribution >= 0.6 is 12.2 Å². The van der Waals surface area contributed by atoms with E-state index in [4.69, 9.17) is 12.2 Å². The highest BCUT2D eigenvalue weighted by atomic mass is 32.1. The first kappa shape index (κ1) is 17.5. The SMILES string of the molecule is O=C(CC12CC3CC(CC(C3)C1)C2)NNC(=S)NC(=O)c1ccccc1. The van der Waals surface area contributed by atoms with E-state index in [2.05, 4.69) is 16.2 Å². The highest BCUT2D eigenvalue weighted by Crippen LogP contribution is 2.61. The first-order valence-corrected chi connectivity index (χ1v) is 9.87. The molecule has 0 aromatic heterocycles. The molecule has 4 aliphatic rings. The maximum Gasteiger partial charge on any atom is 0.257 e. The molecule has 6 heteroatoms. The number of amides is 2. The molecule has 5 nitrogen and oxygen atoms in total. The maximum atomic E-state index is 12.4. The molecule has 0 heterocycles. The average molecular weight is 372 g/mol. The van der Waals surface area contributed by atoms with Crippen LogP contribution in [0.25, 0.3) is 0 Å². The number of thiocarbonyl (C=S) groups is 1. The molecule has 0 spiro atoms. The molecule has 3 N–H and O–H groups in total. The highest BCUT2D eigenvalue weighted by molar-refractivity contribution is 7.80. The Balaban J connectivity index is 1.25. The Hall–Kier alpha value is -1.95. The molecular formula is C20H25N3O2S. The minimum atomic E-state index is -0.293. The standard InChI is InChI=1S/C20H25N3O2S/c24-17(12-20-9-13-6-14(10-20)8-15(7-13)11-20)22-23-19(26)21-18(25)16-4-2-1-3-5-16/h1-5,13-15H,6-12H2,(H,22,24)(H2,21,23,25,26). The van der Waals surface area contributed by atoms with E-state index < -0.39 is 0 Å². The lowest BCUT2D eigenvalue weighted by Crippen LogP contribution is -2.52. The Kier molecular flexibility index (Phi) is 4.69. The average Bonchev–Trinajstić information content (AvgIpc) is 2.59. The van der Waals surface area contributed by atoms with E-state index in [-0.39, 0.29) is 22.3 Å². The second kappa shape index (κ2) is 6.99. The predicted molar refractivity (Wildman–Crippen MR) is 103 cm³/mol. The number of carbonyl (C=O) groups is 2. The lowest BCUT2D eigenvalue weighted by Gasteiger charge is -2.56. The lowest BCUT2D eigenvalue weighted by molar-refractivity contribution is -0.130. The van der Waals surface area contributed by atoms with Crippen molar-refractivity contribution in [3.8, 4) is 0 Å². The van der Waals surface area contributed by atoms with Gasteiger partial charge in [-0.15, -0.1) is 0 Å². The fourth-order valence-electron chi connectivity index (χ4n) is 5.81. The third-order valence-electron chi connectivity index (χ3n) is 6.28. The van der Waals surface area contributed by atoms with Crippen LogP contribution in [-0.4, -0.2) is 16.9 Å². The van der Waals surface area contributed by atoms with Crippen molar-refractivity contribution in [1.82, 2.24) is 16.2 Å². The number of benzene rings is 1. The van der Waals surface area contributed by atoms with Gasteiger partial charge >= 0.3 is 0 Å². The number of carbonyl (C=O) groups excluding carboxylic acids is 2. The summed E-state index contributed by atoms with van der Waals surface area (Å²) in [5, 5.41) is 2.69. The third-order valence-corrected chi connectivity index (χ3v) is 6.48. The van der Waals surface area contributed by atoms with Crippen LogP contribution in [0.2, 0.25) is 0 Å². The molecule has 26 heavy (non-hydrogen) atoms. The van der Waals surface area contributed by atoms with E-state index in [9.17, 15) is 9.59 Å². The van der Waals surface area contributed by atoms with Crippen molar-refractivity contribution in [2.75, 3.05) is 0 Å². The van der Waals surface area contributed by atoms with Gasteiger partial charge in [0.05, 0.1) is 0 Å². The molecule has 1 aromatic carbocycles. The van der Waals surface area contributed by atoms with E-state index in [0.717, 1.165) is 17.8 Å². The van der Waals surface area contributed by atoms with Crippen molar-refractivity contribution < 1.29 is 9.59 Å². The zero-order chi connectivity index (χ0) is 18.1. The molecule has 0 radical (unpaired) electrons. The zero-order valence-corrected chi connectivity index (χ0v) is 15.6. The van der Waals surface area contributed by atoms with Crippen LogP contribution < -0.4 is 16.2 Å². The van der Waals surface area contributed by atoms with Crippen molar-refractivity contribution in [3.63, 3.8) is 0 Å². The van der Waals surface area contributed by atoms with Crippen LogP contribution in [-0.2, 0) is 4.79 Å². The van der Waals surface area contributed by atoms with E-state index in [0.29, 0.717) is 12.0 Å². The molecule has 138 valence electrons. The highest BCUT2D eigenvalue weighted by Gasteiger charge is 2.51. The van der Waals surface area contributed by atoms with Gasteiger partial charge in [0.2, 0.25) is 5.91 Å². The molecule has 0 unspecified atom stereocenters. The van der Waals surface area contributed by atoms with Crippen LogP contribution in [0, 0.1) is 23.2 Å². The van der Waals surface area contributed by atoms with Gasteiger partial charge in [-0.1, -0.05) is 18.2 Å². The van der Waals surface area contributed by atoms with E-state index in [1.54, 1.807) is 24.3 Å². The lowest BCUT2D eigenvalue weighted by atomic mass is 9.49. The molecule has 4 fully saturated rings. The molecule has 5 rings (SSSR count). The Labute approximate surface area is 159 Å². The first-order chi connectivity index (χ1) is 12.5. The second-order valence-corrected chi connectivity index (χ2v) is 8.83. The topological polar surface area (TPSA) is 70.2 Å². The molecule has 0 aliphatic heterocycles. The number of hydrogen-bond donors (Lipinski definition) is 3. The summed E-state index contributed by atoms with van der Waals surface area (Å²) in [6, 6.07) is 8.85. The van der Waals surface area contributed by atoms with Gasteiger partial charge in [-0.3, -0.25) is 25.8 Å². The molecule has 0 atom stereocenters. The van der Waals surface area contributed by atoms with Crippen molar-refractivity contribution in [1.29, 1.82) is 0 Å². The molecule has 4 saturated carbocycles. The van der Waals surface area contributed by atoms with Gasteiger partial charge in [0.25, 0.3) is 5.91 Å². The fourth-order valence-corrected chi connectivity index (χ4v) is 5.96. The Morgan fingerprint density at radius 1 is 0.962 bits per heavy atom. The minimum Gasteiger partial charge on any atom is -0.298 e. The van der Waals surface area contributed by atoms with Gasteiger partial charge in [0.1, 0.15) is 0 Å². The monoisotopic (exact) mass is 371 g/mol. The molecular weight excluding hydrogens is 346 g/mol. The molecule has 1 aromatic rings. The summed E-state index contributed by atoms with van der Waals surface area (Å²) >= 11 is 5.11. The van der Waals surface area contributed by atoms with Crippen molar-refractivity contribution >= 4 is 29.1 Å². The largest absolute Gasteiger partial charge is 0.298 e. The van der Waals surface area contributed by atoms with Gasteiger partial charge < -0.3 is 0 Å². The molecule has 4 bridgehead atoms. The summed E-state index contributed by atoms with van der Waals surface area (Å²) in [6.45, 7) is 0. The minimum absolute atomic E-state index is 0.0386.